The van der Waals surface area contributed by atoms with E-state index >= 15 is 0 Å². The standard InChI is InChI=1S/C14H10N2O4.CO2/c1-9-8-12-13(6-7-15-14(12)19-9)20-11-4-2-10(3-5-11)16(17)18;2-1-3/h2-8H,1H3;. The molecule has 0 aliphatic carbocycles. The first-order chi connectivity index (χ1) is 11.0. The van der Waals surface area contributed by atoms with Gasteiger partial charge in [-0.3, -0.25) is 10.1 Å². The third-order valence-electron chi connectivity index (χ3n) is 2.79. The Morgan fingerprint density at radius 1 is 1.22 bits per heavy atom. The van der Waals surface area contributed by atoms with E-state index in [1.807, 2.05) is 13.0 Å². The Balaban J connectivity index is 0.000000595. The van der Waals surface area contributed by atoms with Crippen molar-refractivity contribution in [2.24, 2.45) is 0 Å². The number of non-ortho nitro benzene ring substituents is 1. The monoisotopic (exact) mass is 314 g/mol. The van der Waals surface area contributed by atoms with Gasteiger partial charge < -0.3 is 9.15 Å². The van der Waals surface area contributed by atoms with Crippen molar-refractivity contribution in [2.75, 3.05) is 0 Å². The number of fused-ring (bicyclic) bond motifs is 1. The molecule has 3 rings (SSSR count). The Morgan fingerprint density at radius 2 is 1.87 bits per heavy atom. The van der Waals surface area contributed by atoms with Crippen molar-refractivity contribution in [1.82, 2.24) is 4.98 Å². The molecule has 0 spiro atoms. The lowest BCUT2D eigenvalue weighted by molar-refractivity contribution is -0.384. The maximum atomic E-state index is 10.6. The van der Waals surface area contributed by atoms with Crippen LogP contribution in [0.1, 0.15) is 5.76 Å². The van der Waals surface area contributed by atoms with Crippen LogP contribution in [0.25, 0.3) is 11.1 Å². The van der Waals surface area contributed by atoms with Crippen LogP contribution in [-0.2, 0) is 9.59 Å². The molecule has 0 saturated heterocycles. The van der Waals surface area contributed by atoms with Gasteiger partial charge in [-0.25, -0.2) is 4.98 Å². The molecule has 1 aromatic carbocycles. The van der Waals surface area contributed by atoms with Crippen LogP contribution in [0.2, 0.25) is 0 Å². The molecular weight excluding hydrogens is 304 g/mol. The second kappa shape index (κ2) is 6.97. The molecule has 8 heteroatoms. The zero-order chi connectivity index (χ0) is 16.8. The van der Waals surface area contributed by atoms with Crippen molar-refractivity contribution in [1.29, 1.82) is 0 Å². The van der Waals surface area contributed by atoms with Gasteiger partial charge in [0.2, 0.25) is 5.71 Å². The normalized spacial score (nSPS) is 9.61. The van der Waals surface area contributed by atoms with Gasteiger partial charge >= 0.3 is 6.15 Å². The average molecular weight is 314 g/mol. The zero-order valence-corrected chi connectivity index (χ0v) is 11.9. The van der Waals surface area contributed by atoms with Gasteiger partial charge in [-0.15, -0.1) is 0 Å². The van der Waals surface area contributed by atoms with Crippen LogP contribution in [0.4, 0.5) is 5.69 Å². The van der Waals surface area contributed by atoms with Crippen molar-refractivity contribution in [3.05, 3.63) is 58.5 Å². The summed E-state index contributed by atoms with van der Waals surface area (Å²) in [4.78, 5) is 30.5. The van der Waals surface area contributed by atoms with Gasteiger partial charge in [0.05, 0.1) is 10.3 Å². The second-order valence-corrected chi connectivity index (χ2v) is 4.32. The minimum absolute atomic E-state index is 0.0244. The van der Waals surface area contributed by atoms with Crippen LogP contribution in [-0.4, -0.2) is 16.1 Å². The largest absolute Gasteiger partial charge is 0.456 e. The predicted molar refractivity (Wildman–Crippen MR) is 76.9 cm³/mol. The summed E-state index contributed by atoms with van der Waals surface area (Å²) in [5.74, 6) is 1.86. The molecule has 23 heavy (non-hydrogen) atoms. The molecule has 3 aromatic rings. The highest BCUT2D eigenvalue weighted by atomic mass is 16.6. The van der Waals surface area contributed by atoms with Crippen LogP contribution >= 0.6 is 0 Å². The molecule has 0 saturated carbocycles. The zero-order valence-electron chi connectivity index (χ0n) is 11.9. The molecule has 0 bridgehead atoms. The molecule has 0 aliphatic heterocycles. The summed E-state index contributed by atoms with van der Waals surface area (Å²) in [6.45, 7) is 1.83. The van der Waals surface area contributed by atoms with Crippen LogP contribution < -0.4 is 4.74 Å². The predicted octanol–water partition coefficient (Wildman–Crippen LogP) is 3.25. The van der Waals surface area contributed by atoms with E-state index in [4.69, 9.17) is 18.7 Å². The first-order valence-corrected chi connectivity index (χ1v) is 6.32. The van der Waals surface area contributed by atoms with Crippen molar-refractivity contribution in [3.8, 4) is 11.5 Å². The van der Waals surface area contributed by atoms with Gasteiger partial charge in [-0.1, -0.05) is 0 Å². The Labute approximate surface area is 129 Å². The lowest BCUT2D eigenvalue weighted by Gasteiger charge is -2.05. The Morgan fingerprint density at radius 3 is 2.48 bits per heavy atom. The number of benzene rings is 1. The fourth-order valence-corrected chi connectivity index (χ4v) is 1.89. The first-order valence-electron chi connectivity index (χ1n) is 6.32. The van der Waals surface area contributed by atoms with Crippen molar-refractivity contribution in [3.63, 3.8) is 0 Å². The van der Waals surface area contributed by atoms with Gasteiger partial charge in [0.25, 0.3) is 5.69 Å². The summed E-state index contributed by atoms with van der Waals surface area (Å²) in [7, 11) is 0. The summed E-state index contributed by atoms with van der Waals surface area (Å²) in [5, 5.41) is 11.4. The fourth-order valence-electron chi connectivity index (χ4n) is 1.89. The number of aryl methyl sites for hydroxylation is 1. The third-order valence-corrected chi connectivity index (χ3v) is 2.79. The summed E-state index contributed by atoms with van der Waals surface area (Å²) < 4.78 is 11.1. The van der Waals surface area contributed by atoms with Gasteiger partial charge in [-0.05, 0) is 25.1 Å². The SMILES string of the molecule is Cc1cc2c(Oc3ccc([N+](=O)[O-])cc3)ccnc2o1.O=C=O. The third kappa shape index (κ3) is 3.78. The van der Waals surface area contributed by atoms with Crippen molar-refractivity contribution < 1.29 is 23.7 Å². The van der Waals surface area contributed by atoms with Crippen LogP contribution in [0.15, 0.2) is 47.0 Å². The molecule has 0 aliphatic rings. The Bertz CT molecular complexity index is 863. The minimum Gasteiger partial charge on any atom is -0.456 e. The van der Waals surface area contributed by atoms with E-state index in [-0.39, 0.29) is 11.8 Å². The molecule has 116 valence electrons. The first kappa shape index (κ1) is 15.9. The minimum atomic E-state index is -0.451. The molecule has 2 heterocycles. The van der Waals surface area contributed by atoms with Crippen LogP contribution in [0, 0.1) is 17.0 Å². The fraction of sp³-hybridized carbons (Fsp3) is 0.0667. The summed E-state index contributed by atoms with van der Waals surface area (Å²) >= 11 is 0. The number of nitro benzene ring substituents is 1. The highest BCUT2D eigenvalue weighted by Crippen LogP contribution is 2.31. The van der Waals surface area contributed by atoms with E-state index in [2.05, 4.69) is 4.98 Å². The molecule has 0 unspecified atom stereocenters. The lowest BCUT2D eigenvalue weighted by Crippen LogP contribution is -1.89. The molecule has 2 aromatic heterocycles. The number of pyridine rings is 1. The number of hydrogen-bond acceptors (Lipinski definition) is 7. The van der Waals surface area contributed by atoms with E-state index in [1.54, 1.807) is 24.4 Å². The summed E-state index contributed by atoms with van der Waals surface area (Å²) in [6, 6.07) is 9.46. The van der Waals surface area contributed by atoms with E-state index in [0.29, 0.717) is 17.2 Å². The lowest BCUT2D eigenvalue weighted by atomic mass is 10.3. The molecule has 0 N–H and O–H groups in total. The van der Waals surface area contributed by atoms with E-state index in [0.717, 1.165) is 11.1 Å². The van der Waals surface area contributed by atoms with E-state index < -0.39 is 4.92 Å². The number of nitro groups is 1. The quantitative estimate of drug-likeness (QED) is 0.538. The summed E-state index contributed by atoms with van der Waals surface area (Å²) in [6.07, 6.45) is 1.84. The topological polar surface area (TPSA) is 113 Å². The highest BCUT2D eigenvalue weighted by Gasteiger charge is 2.10. The van der Waals surface area contributed by atoms with Crippen LogP contribution in [0.5, 0.6) is 11.5 Å². The molecule has 0 radical (unpaired) electrons. The number of aromatic nitrogens is 1. The number of hydrogen-bond donors (Lipinski definition) is 0. The number of rotatable bonds is 3. The maximum absolute atomic E-state index is 10.6. The second-order valence-electron chi connectivity index (χ2n) is 4.32. The summed E-state index contributed by atoms with van der Waals surface area (Å²) in [5.41, 5.74) is 0.526. The highest BCUT2D eigenvalue weighted by molar-refractivity contribution is 5.81. The Hall–Kier alpha value is -3.51. The van der Waals surface area contributed by atoms with Gasteiger partial charge in [0, 0.05) is 24.4 Å². The van der Waals surface area contributed by atoms with Gasteiger partial charge in [-0.2, -0.15) is 9.59 Å². The number of carbonyl (C=O) groups excluding carboxylic acids is 2. The van der Waals surface area contributed by atoms with E-state index in [9.17, 15) is 10.1 Å². The van der Waals surface area contributed by atoms with Gasteiger partial charge in [0.15, 0.2) is 0 Å². The molecule has 8 nitrogen and oxygen atoms in total. The van der Waals surface area contributed by atoms with Crippen molar-refractivity contribution in [2.45, 2.75) is 6.92 Å². The number of nitrogens with zero attached hydrogens (tertiary/aromatic N) is 2. The smallest absolute Gasteiger partial charge is 0.373 e. The molecule has 0 amide bonds. The molecule has 0 atom stereocenters. The maximum Gasteiger partial charge on any atom is 0.373 e. The molecule has 0 fully saturated rings. The van der Waals surface area contributed by atoms with Crippen LogP contribution in [0.3, 0.4) is 0 Å². The Kier molecular flexibility index (Phi) is 4.81. The molecular formula is C15H10N2O6. The van der Waals surface area contributed by atoms with Gasteiger partial charge in [0.1, 0.15) is 17.3 Å². The number of furan rings is 1. The average Bonchev–Trinajstić information content (AvgIpc) is 2.90. The number of ether oxygens (including phenoxy) is 1. The van der Waals surface area contributed by atoms with E-state index in [1.165, 1.54) is 12.1 Å². The van der Waals surface area contributed by atoms with Crippen molar-refractivity contribution >= 4 is 22.9 Å².